The van der Waals surface area contributed by atoms with E-state index >= 15 is 0 Å². The summed E-state index contributed by atoms with van der Waals surface area (Å²) >= 11 is 5.70. The van der Waals surface area contributed by atoms with Crippen molar-refractivity contribution in [1.82, 2.24) is 0 Å². The van der Waals surface area contributed by atoms with Crippen LogP contribution in [0.2, 0.25) is 5.02 Å². The quantitative estimate of drug-likeness (QED) is 0.635. The third-order valence-electron chi connectivity index (χ3n) is 4.75. The Hall–Kier alpha value is -2.27. The molecule has 1 N–H and O–H groups in total. The van der Waals surface area contributed by atoms with Gasteiger partial charge in [0.25, 0.3) is 0 Å². The molecule has 1 aliphatic carbocycles. The van der Waals surface area contributed by atoms with Crippen molar-refractivity contribution >= 4 is 23.0 Å². The van der Waals surface area contributed by atoms with Gasteiger partial charge in [-0.05, 0) is 53.3 Å². The lowest BCUT2D eigenvalue weighted by Crippen LogP contribution is -2.12. The van der Waals surface area contributed by atoms with Gasteiger partial charge in [-0.2, -0.15) is 13.2 Å². The first-order chi connectivity index (χ1) is 12.7. The first-order valence-electron chi connectivity index (χ1n) is 8.68. The monoisotopic (exact) mass is 394 g/mol. The van der Waals surface area contributed by atoms with E-state index in [1.807, 2.05) is 6.92 Å². The summed E-state index contributed by atoms with van der Waals surface area (Å²) in [6.07, 6.45) is -2.55. The molecule has 0 bridgehead atoms. The molecule has 0 amide bonds. The zero-order valence-electron chi connectivity index (χ0n) is 14.7. The summed E-state index contributed by atoms with van der Waals surface area (Å²) in [5.74, 6) is -0.0946. The second-order valence-corrected chi connectivity index (χ2v) is 6.92. The molecule has 0 aromatic heterocycles. The van der Waals surface area contributed by atoms with Crippen LogP contribution in [0.1, 0.15) is 42.9 Å². The standard InChI is InChI=1S/C21H18ClF3O2/c1-2-12-6-7-13(10-15(12)20-18(26)4-3-5-19(20)27)14-8-9-17(22)16(11-14)21(23,24)25/h6-11,26H,2-5H2,1H3. The highest BCUT2D eigenvalue weighted by atomic mass is 35.5. The van der Waals surface area contributed by atoms with Gasteiger partial charge >= 0.3 is 6.18 Å². The molecule has 0 aliphatic heterocycles. The Morgan fingerprint density at radius 1 is 1.07 bits per heavy atom. The molecule has 2 aromatic rings. The Labute approximate surface area is 160 Å². The van der Waals surface area contributed by atoms with Crippen molar-refractivity contribution in [2.24, 2.45) is 0 Å². The van der Waals surface area contributed by atoms with Crippen LogP contribution in [-0.4, -0.2) is 10.9 Å². The molecule has 6 heteroatoms. The van der Waals surface area contributed by atoms with Gasteiger partial charge in [0.2, 0.25) is 0 Å². The molecule has 142 valence electrons. The number of rotatable bonds is 3. The number of benzene rings is 2. The molecular weight excluding hydrogens is 377 g/mol. The number of aliphatic hydroxyl groups excluding tert-OH is 1. The van der Waals surface area contributed by atoms with Crippen LogP contribution in [0.15, 0.2) is 42.2 Å². The number of carbonyl (C=O) groups excluding carboxylic acids is 1. The Kier molecular flexibility index (Phi) is 5.33. The highest BCUT2D eigenvalue weighted by molar-refractivity contribution is 6.31. The number of aryl methyl sites for hydroxylation is 1. The fourth-order valence-electron chi connectivity index (χ4n) is 3.35. The maximum Gasteiger partial charge on any atom is 0.417 e. The van der Waals surface area contributed by atoms with E-state index in [1.165, 1.54) is 12.1 Å². The summed E-state index contributed by atoms with van der Waals surface area (Å²) < 4.78 is 39.5. The number of carbonyl (C=O) groups is 1. The summed E-state index contributed by atoms with van der Waals surface area (Å²) in [6.45, 7) is 1.92. The molecule has 1 aliphatic rings. The minimum Gasteiger partial charge on any atom is -0.512 e. The molecule has 0 spiro atoms. The zero-order chi connectivity index (χ0) is 19.8. The van der Waals surface area contributed by atoms with Crippen molar-refractivity contribution in [2.75, 3.05) is 0 Å². The molecule has 2 aromatic carbocycles. The van der Waals surface area contributed by atoms with E-state index in [0.717, 1.165) is 11.6 Å². The van der Waals surface area contributed by atoms with Crippen molar-refractivity contribution in [3.63, 3.8) is 0 Å². The van der Waals surface area contributed by atoms with Gasteiger partial charge in [0.15, 0.2) is 5.78 Å². The molecular formula is C21H18ClF3O2. The third-order valence-corrected chi connectivity index (χ3v) is 5.08. The minimum atomic E-state index is -4.56. The second-order valence-electron chi connectivity index (χ2n) is 6.52. The number of Topliss-reactive ketones (excluding diaryl/α,β-unsaturated/α-hetero) is 1. The van der Waals surface area contributed by atoms with E-state index < -0.39 is 11.7 Å². The summed E-state index contributed by atoms with van der Waals surface area (Å²) in [6, 6.07) is 8.92. The second kappa shape index (κ2) is 7.39. The smallest absolute Gasteiger partial charge is 0.417 e. The van der Waals surface area contributed by atoms with E-state index in [1.54, 1.807) is 18.2 Å². The van der Waals surface area contributed by atoms with Gasteiger partial charge in [0.1, 0.15) is 5.76 Å². The van der Waals surface area contributed by atoms with Crippen LogP contribution in [-0.2, 0) is 17.4 Å². The topological polar surface area (TPSA) is 37.3 Å². The van der Waals surface area contributed by atoms with E-state index in [0.29, 0.717) is 42.4 Å². The van der Waals surface area contributed by atoms with Gasteiger partial charge in [0.05, 0.1) is 16.2 Å². The van der Waals surface area contributed by atoms with E-state index in [-0.39, 0.29) is 22.1 Å². The van der Waals surface area contributed by atoms with Crippen molar-refractivity contribution in [3.05, 3.63) is 63.9 Å². The highest BCUT2D eigenvalue weighted by Crippen LogP contribution is 2.38. The van der Waals surface area contributed by atoms with Crippen LogP contribution in [0.5, 0.6) is 0 Å². The largest absolute Gasteiger partial charge is 0.512 e. The van der Waals surface area contributed by atoms with E-state index in [4.69, 9.17) is 11.6 Å². The number of hydrogen-bond donors (Lipinski definition) is 1. The molecule has 0 atom stereocenters. The predicted octanol–water partition coefficient (Wildman–Crippen LogP) is 6.61. The normalized spacial score (nSPS) is 15.4. The fourth-order valence-corrected chi connectivity index (χ4v) is 3.58. The average molecular weight is 395 g/mol. The van der Waals surface area contributed by atoms with Crippen molar-refractivity contribution < 1.29 is 23.1 Å². The minimum absolute atomic E-state index is 0.0465. The van der Waals surface area contributed by atoms with Crippen LogP contribution in [0.3, 0.4) is 0 Å². The maximum absolute atomic E-state index is 13.2. The van der Waals surface area contributed by atoms with Crippen LogP contribution < -0.4 is 0 Å². The zero-order valence-corrected chi connectivity index (χ0v) is 15.4. The molecule has 2 nitrogen and oxygen atoms in total. The SMILES string of the molecule is CCc1ccc(-c2ccc(Cl)c(C(F)(F)F)c2)cc1C1=C(O)CCCC1=O. The Bertz CT molecular complexity index is 930. The lowest BCUT2D eigenvalue weighted by molar-refractivity contribution is -0.137. The van der Waals surface area contributed by atoms with Crippen molar-refractivity contribution in [3.8, 4) is 11.1 Å². The lowest BCUT2D eigenvalue weighted by Gasteiger charge is -2.19. The number of hydrogen-bond acceptors (Lipinski definition) is 2. The van der Waals surface area contributed by atoms with Crippen molar-refractivity contribution in [1.29, 1.82) is 0 Å². The molecule has 27 heavy (non-hydrogen) atoms. The van der Waals surface area contributed by atoms with Gasteiger partial charge in [-0.1, -0.05) is 36.7 Å². The first-order valence-corrected chi connectivity index (χ1v) is 9.06. The molecule has 0 unspecified atom stereocenters. The van der Waals surface area contributed by atoms with Crippen LogP contribution in [0.4, 0.5) is 13.2 Å². The van der Waals surface area contributed by atoms with Gasteiger partial charge in [0, 0.05) is 12.8 Å². The molecule has 0 fully saturated rings. The third kappa shape index (κ3) is 3.88. The molecule has 0 heterocycles. The summed E-state index contributed by atoms with van der Waals surface area (Å²) in [5, 5.41) is 9.89. The number of ketones is 1. The fraction of sp³-hybridized carbons (Fsp3) is 0.286. The number of alkyl halides is 3. The molecule has 0 saturated heterocycles. The number of allylic oxidation sites excluding steroid dienone is 2. The van der Waals surface area contributed by atoms with Crippen molar-refractivity contribution in [2.45, 2.75) is 38.8 Å². The summed E-state index contributed by atoms with van der Waals surface area (Å²) in [4.78, 5) is 12.4. The molecule has 0 saturated carbocycles. The van der Waals surface area contributed by atoms with Gasteiger partial charge < -0.3 is 5.11 Å². The van der Waals surface area contributed by atoms with Gasteiger partial charge in [-0.25, -0.2) is 0 Å². The van der Waals surface area contributed by atoms with Gasteiger partial charge in [-0.3, -0.25) is 4.79 Å². The number of aliphatic hydroxyl groups is 1. The Morgan fingerprint density at radius 3 is 2.37 bits per heavy atom. The highest BCUT2D eigenvalue weighted by Gasteiger charge is 2.33. The summed E-state index contributed by atoms with van der Waals surface area (Å²) in [7, 11) is 0. The van der Waals surface area contributed by atoms with E-state index in [9.17, 15) is 23.1 Å². The maximum atomic E-state index is 13.2. The number of halogens is 4. The first kappa shape index (κ1) is 19.5. The predicted molar refractivity (Wildman–Crippen MR) is 99.7 cm³/mol. The van der Waals surface area contributed by atoms with E-state index in [2.05, 4.69) is 0 Å². The lowest BCUT2D eigenvalue weighted by atomic mass is 9.86. The van der Waals surface area contributed by atoms with Gasteiger partial charge in [-0.15, -0.1) is 0 Å². The average Bonchev–Trinajstić information content (AvgIpc) is 2.61. The van der Waals surface area contributed by atoms with Crippen LogP contribution in [0.25, 0.3) is 16.7 Å². The Balaban J connectivity index is 2.16. The summed E-state index contributed by atoms with van der Waals surface area (Å²) in [5.41, 5.74) is 1.70. The molecule has 0 radical (unpaired) electrons. The molecule has 3 rings (SSSR count). The van der Waals surface area contributed by atoms with Crippen LogP contribution >= 0.6 is 11.6 Å². The Morgan fingerprint density at radius 2 is 1.74 bits per heavy atom. The van der Waals surface area contributed by atoms with Crippen LogP contribution in [0, 0.1) is 0 Å².